The van der Waals surface area contributed by atoms with E-state index in [9.17, 15) is 5.26 Å². The highest BCUT2D eigenvalue weighted by Gasteiger charge is 2.26. The number of nitriles is 1. The van der Waals surface area contributed by atoms with Crippen LogP contribution in [0.4, 0.5) is 0 Å². The average Bonchev–Trinajstić information content (AvgIpc) is 3.06. The molecule has 3 rings (SSSR count). The molecule has 0 bridgehead atoms. The van der Waals surface area contributed by atoms with Crippen molar-refractivity contribution >= 4 is 17.3 Å². The maximum absolute atomic E-state index is 9.62. The molecule has 0 N–H and O–H groups in total. The summed E-state index contributed by atoms with van der Waals surface area (Å²) in [6.45, 7) is 0.703. The highest BCUT2D eigenvalue weighted by molar-refractivity contribution is 6.30. The molecule has 0 saturated carbocycles. The molecule has 0 unspecified atom stereocenters. The zero-order valence-electron chi connectivity index (χ0n) is 12.7. The molecule has 2 aromatic rings. The van der Waals surface area contributed by atoms with Gasteiger partial charge in [-0.15, -0.1) is 0 Å². The van der Waals surface area contributed by atoms with E-state index in [4.69, 9.17) is 16.3 Å². The third kappa shape index (κ3) is 3.15. The van der Waals surface area contributed by atoms with Crippen molar-refractivity contribution in [1.29, 1.82) is 5.26 Å². The Balaban J connectivity index is 1.89. The lowest BCUT2D eigenvalue weighted by molar-refractivity contribution is 0.268. The Morgan fingerprint density at radius 2 is 1.96 bits per heavy atom. The summed E-state index contributed by atoms with van der Waals surface area (Å²) < 4.78 is 5.37. The van der Waals surface area contributed by atoms with E-state index in [0.717, 1.165) is 23.3 Å². The van der Waals surface area contributed by atoms with Crippen LogP contribution in [-0.4, -0.2) is 24.4 Å². The van der Waals surface area contributed by atoms with Crippen LogP contribution in [0.1, 0.15) is 23.6 Å². The van der Waals surface area contributed by atoms with Crippen LogP contribution >= 0.6 is 11.6 Å². The molecule has 4 nitrogen and oxygen atoms in total. The van der Waals surface area contributed by atoms with Crippen molar-refractivity contribution in [2.45, 2.75) is 12.5 Å². The Bertz CT molecular complexity index is 765. The number of ether oxygens (including phenoxy) is 1. The first-order chi connectivity index (χ1) is 11.2. The fraction of sp³-hybridized carbons (Fsp3) is 0.222. The van der Waals surface area contributed by atoms with Gasteiger partial charge in [0.05, 0.1) is 18.9 Å². The molecule has 1 heterocycles. The Labute approximate surface area is 140 Å². The van der Waals surface area contributed by atoms with Crippen LogP contribution in [0.15, 0.2) is 53.6 Å². The van der Waals surface area contributed by atoms with Gasteiger partial charge in [0, 0.05) is 23.6 Å². The number of benzene rings is 2. The normalized spacial score (nSPS) is 15.0. The Morgan fingerprint density at radius 1 is 1.22 bits per heavy atom. The van der Waals surface area contributed by atoms with Crippen molar-refractivity contribution in [2.24, 2.45) is 5.10 Å². The van der Waals surface area contributed by atoms with Crippen LogP contribution < -0.4 is 4.74 Å². The summed E-state index contributed by atoms with van der Waals surface area (Å²) in [5.74, 6) is 0.703. The lowest BCUT2D eigenvalue weighted by Crippen LogP contribution is -2.20. The van der Waals surface area contributed by atoms with E-state index in [-0.39, 0.29) is 0 Å². The summed E-state index contributed by atoms with van der Waals surface area (Å²) in [5.41, 5.74) is 2.84. The predicted octanol–water partition coefficient (Wildman–Crippen LogP) is 4.02. The number of rotatable bonds is 4. The van der Waals surface area contributed by atoms with Gasteiger partial charge in [0.2, 0.25) is 0 Å². The molecule has 0 radical (unpaired) electrons. The van der Waals surface area contributed by atoms with E-state index in [1.807, 2.05) is 53.5 Å². The summed E-state index contributed by atoms with van der Waals surface area (Å²) in [6.07, 6.45) is 0.801. The number of halogens is 1. The highest BCUT2D eigenvalue weighted by atomic mass is 35.5. The zero-order valence-corrected chi connectivity index (χ0v) is 13.5. The van der Waals surface area contributed by atoms with Gasteiger partial charge in [0.25, 0.3) is 0 Å². The van der Waals surface area contributed by atoms with Crippen LogP contribution in [0.25, 0.3) is 0 Å². The van der Waals surface area contributed by atoms with Gasteiger partial charge < -0.3 is 4.74 Å². The molecular weight excluding hydrogens is 310 g/mol. The minimum absolute atomic E-state index is 0.462. The standard InChI is InChI=1S/C18H16ClN3O/c1-23-18-5-3-2-4-15(18)17(12-20)22-11-10-16(21-22)13-6-8-14(19)9-7-13/h2-9,17H,10-11H2,1H3/t17-/m0/s1. The van der Waals surface area contributed by atoms with Crippen molar-refractivity contribution in [3.05, 3.63) is 64.7 Å². The smallest absolute Gasteiger partial charge is 0.162 e. The minimum atomic E-state index is -0.462. The minimum Gasteiger partial charge on any atom is -0.496 e. The van der Waals surface area contributed by atoms with E-state index in [0.29, 0.717) is 17.3 Å². The van der Waals surface area contributed by atoms with Crippen LogP contribution in [0, 0.1) is 11.3 Å². The highest BCUT2D eigenvalue weighted by Crippen LogP contribution is 2.31. The molecule has 0 fully saturated rings. The molecule has 23 heavy (non-hydrogen) atoms. The van der Waals surface area contributed by atoms with Crippen molar-refractivity contribution < 1.29 is 4.74 Å². The van der Waals surface area contributed by atoms with Gasteiger partial charge in [-0.3, -0.25) is 5.01 Å². The van der Waals surface area contributed by atoms with Crippen molar-refractivity contribution in [2.75, 3.05) is 13.7 Å². The molecule has 0 amide bonds. The average molecular weight is 326 g/mol. The molecule has 2 aromatic carbocycles. The lowest BCUT2D eigenvalue weighted by atomic mass is 10.1. The van der Waals surface area contributed by atoms with E-state index in [2.05, 4.69) is 11.2 Å². The maximum atomic E-state index is 9.62. The topological polar surface area (TPSA) is 48.6 Å². The number of hydrogen-bond acceptors (Lipinski definition) is 4. The Hall–Kier alpha value is -2.51. The van der Waals surface area contributed by atoms with Gasteiger partial charge in [0.15, 0.2) is 6.04 Å². The van der Waals surface area contributed by atoms with Gasteiger partial charge in [-0.2, -0.15) is 10.4 Å². The molecule has 0 aliphatic carbocycles. The number of hydrogen-bond donors (Lipinski definition) is 0. The predicted molar refractivity (Wildman–Crippen MR) is 90.7 cm³/mol. The quantitative estimate of drug-likeness (QED) is 0.853. The molecule has 1 atom stereocenters. The van der Waals surface area contributed by atoms with E-state index in [1.54, 1.807) is 7.11 Å². The number of methoxy groups -OCH3 is 1. The monoisotopic (exact) mass is 325 g/mol. The second-order valence-electron chi connectivity index (χ2n) is 5.24. The molecule has 0 aromatic heterocycles. The summed E-state index contributed by atoms with van der Waals surface area (Å²) in [7, 11) is 1.61. The first-order valence-electron chi connectivity index (χ1n) is 7.35. The number of nitrogens with zero attached hydrogens (tertiary/aromatic N) is 3. The zero-order chi connectivity index (χ0) is 16.2. The molecule has 1 aliphatic heterocycles. The number of hydrazone groups is 1. The Kier molecular flexibility index (Phi) is 4.50. The van der Waals surface area contributed by atoms with E-state index in [1.165, 1.54) is 0 Å². The molecule has 0 spiro atoms. The van der Waals surface area contributed by atoms with Gasteiger partial charge in [0.1, 0.15) is 5.75 Å². The third-order valence-electron chi connectivity index (χ3n) is 3.86. The van der Waals surface area contributed by atoms with Crippen molar-refractivity contribution in [3.63, 3.8) is 0 Å². The van der Waals surface area contributed by atoms with Crippen LogP contribution in [0.5, 0.6) is 5.75 Å². The van der Waals surface area contributed by atoms with Crippen molar-refractivity contribution in [3.8, 4) is 11.8 Å². The SMILES string of the molecule is COc1ccccc1[C@H](C#N)N1CCC(c2ccc(Cl)cc2)=N1. The second kappa shape index (κ2) is 6.72. The largest absolute Gasteiger partial charge is 0.496 e. The molecule has 0 saturated heterocycles. The first kappa shape index (κ1) is 15.4. The van der Waals surface area contributed by atoms with Gasteiger partial charge in [-0.25, -0.2) is 0 Å². The fourth-order valence-electron chi connectivity index (χ4n) is 2.70. The summed E-state index contributed by atoms with van der Waals surface area (Å²) in [4.78, 5) is 0. The molecule has 5 heteroatoms. The second-order valence-corrected chi connectivity index (χ2v) is 5.68. The fourth-order valence-corrected chi connectivity index (χ4v) is 2.82. The van der Waals surface area contributed by atoms with Crippen molar-refractivity contribution in [1.82, 2.24) is 5.01 Å². The Morgan fingerprint density at radius 3 is 2.65 bits per heavy atom. The van der Waals surface area contributed by atoms with Gasteiger partial charge in [-0.1, -0.05) is 41.9 Å². The van der Waals surface area contributed by atoms with Crippen LogP contribution in [0.3, 0.4) is 0 Å². The van der Waals surface area contributed by atoms with Gasteiger partial charge >= 0.3 is 0 Å². The number of para-hydroxylation sites is 1. The molecule has 116 valence electrons. The first-order valence-corrected chi connectivity index (χ1v) is 7.73. The van der Waals surface area contributed by atoms with E-state index < -0.39 is 6.04 Å². The van der Waals surface area contributed by atoms with Crippen LogP contribution in [-0.2, 0) is 0 Å². The summed E-state index contributed by atoms with van der Waals surface area (Å²) in [6, 6.07) is 17.0. The third-order valence-corrected chi connectivity index (χ3v) is 4.11. The van der Waals surface area contributed by atoms with Crippen LogP contribution in [0.2, 0.25) is 5.02 Å². The summed E-state index contributed by atoms with van der Waals surface area (Å²) >= 11 is 5.93. The maximum Gasteiger partial charge on any atom is 0.162 e. The molecule has 1 aliphatic rings. The summed E-state index contributed by atoms with van der Waals surface area (Å²) in [5, 5.41) is 16.8. The van der Waals surface area contributed by atoms with Gasteiger partial charge in [-0.05, 0) is 23.8 Å². The molecular formula is C18H16ClN3O. The lowest BCUT2D eigenvalue weighted by Gasteiger charge is -2.21. The van der Waals surface area contributed by atoms with E-state index >= 15 is 0 Å².